The number of aryl methyl sites for hydroxylation is 1. The first-order valence-electron chi connectivity index (χ1n) is 6.78. The second kappa shape index (κ2) is 6.93. The second-order valence-electron chi connectivity index (χ2n) is 5.62. The van der Waals surface area contributed by atoms with Gasteiger partial charge in [0.05, 0.1) is 0 Å². The van der Waals surface area contributed by atoms with Crippen molar-refractivity contribution in [3.63, 3.8) is 0 Å². The zero-order chi connectivity index (χ0) is 16.2. The van der Waals surface area contributed by atoms with Gasteiger partial charge in [-0.05, 0) is 18.4 Å². The van der Waals surface area contributed by atoms with Crippen LogP contribution in [-0.4, -0.2) is 30.1 Å². The number of halogens is 3. The number of nitrogens with zero attached hydrogens (tertiary/aromatic N) is 1. The van der Waals surface area contributed by atoms with Gasteiger partial charge in [0.25, 0.3) is 0 Å². The summed E-state index contributed by atoms with van der Waals surface area (Å²) in [7, 11) is 0. The lowest BCUT2D eigenvalue weighted by atomic mass is 10.0. The maximum absolute atomic E-state index is 12.6. The summed E-state index contributed by atoms with van der Waals surface area (Å²) < 4.78 is 37.8. The van der Waals surface area contributed by atoms with Crippen LogP contribution >= 0.6 is 0 Å². The lowest BCUT2D eigenvalue weighted by molar-refractivity contribution is -0.163. The summed E-state index contributed by atoms with van der Waals surface area (Å²) in [5.74, 6) is -0.772. The number of hydrogen-bond donors (Lipinski definition) is 1. The molecule has 0 fully saturated rings. The van der Waals surface area contributed by atoms with E-state index in [9.17, 15) is 18.0 Å². The van der Waals surface area contributed by atoms with Gasteiger partial charge >= 0.3 is 6.18 Å². The molecular weight excluding hydrogens is 281 g/mol. The van der Waals surface area contributed by atoms with Crippen LogP contribution in [0.5, 0.6) is 0 Å². The van der Waals surface area contributed by atoms with Crippen molar-refractivity contribution in [1.29, 1.82) is 0 Å². The molecular formula is C15H21F3N2O. The molecule has 2 N–H and O–H groups in total. The largest absolute Gasteiger partial charge is 0.406 e. The normalized spacial score (nSPS) is 13.3. The van der Waals surface area contributed by atoms with Gasteiger partial charge < -0.3 is 10.6 Å². The van der Waals surface area contributed by atoms with E-state index in [-0.39, 0.29) is 12.5 Å². The molecule has 21 heavy (non-hydrogen) atoms. The summed E-state index contributed by atoms with van der Waals surface area (Å²) in [5.41, 5.74) is 7.33. The number of alkyl halides is 3. The summed E-state index contributed by atoms with van der Waals surface area (Å²) >= 11 is 0. The Hall–Kier alpha value is -1.56. The Morgan fingerprint density at radius 2 is 1.76 bits per heavy atom. The molecule has 0 aliphatic heterocycles. The first-order valence-corrected chi connectivity index (χ1v) is 6.78. The van der Waals surface area contributed by atoms with Crippen LogP contribution in [-0.2, 0) is 4.79 Å². The monoisotopic (exact) mass is 302 g/mol. The Bertz CT molecular complexity index is 469. The van der Waals surface area contributed by atoms with Gasteiger partial charge in [-0.1, -0.05) is 43.7 Å². The predicted octanol–water partition coefficient (Wildman–Crippen LogP) is 3.04. The number of hydrogen-bond acceptors (Lipinski definition) is 2. The highest BCUT2D eigenvalue weighted by Crippen LogP contribution is 2.21. The third-order valence-electron chi connectivity index (χ3n) is 2.97. The van der Waals surface area contributed by atoms with Crippen LogP contribution in [0.2, 0.25) is 0 Å². The Balaban J connectivity index is 2.90. The zero-order valence-corrected chi connectivity index (χ0v) is 12.4. The number of benzene rings is 1. The molecule has 1 atom stereocenters. The van der Waals surface area contributed by atoms with Crippen LogP contribution in [0.4, 0.5) is 13.2 Å². The molecule has 0 saturated carbocycles. The zero-order valence-electron chi connectivity index (χ0n) is 12.4. The summed E-state index contributed by atoms with van der Waals surface area (Å²) in [5, 5.41) is 0. The van der Waals surface area contributed by atoms with Crippen molar-refractivity contribution in [2.75, 3.05) is 13.1 Å². The predicted molar refractivity (Wildman–Crippen MR) is 75.6 cm³/mol. The van der Waals surface area contributed by atoms with E-state index in [1.165, 1.54) is 0 Å². The molecule has 1 amide bonds. The Kier molecular flexibility index (Phi) is 5.78. The van der Waals surface area contributed by atoms with Crippen molar-refractivity contribution >= 4 is 5.91 Å². The van der Waals surface area contributed by atoms with Crippen molar-refractivity contribution in [2.24, 2.45) is 11.7 Å². The van der Waals surface area contributed by atoms with Crippen molar-refractivity contribution in [1.82, 2.24) is 4.90 Å². The molecule has 0 aliphatic carbocycles. The quantitative estimate of drug-likeness (QED) is 0.908. The molecule has 1 rings (SSSR count). The Morgan fingerprint density at radius 1 is 1.24 bits per heavy atom. The molecule has 1 aromatic carbocycles. The fourth-order valence-corrected chi connectivity index (χ4v) is 2.00. The van der Waals surface area contributed by atoms with Crippen molar-refractivity contribution in [2.45, 2.75) is 33.0 Å². The van der Waals surface area contributed by atoms with E-state index in [1.54, 1.807) is 38.1 Å². The highest BCUT2D eigenvalue weighted by molar-refractivity contribution is 5.83. The van der Waals surface area contributed by atoms with Crippen LogP contribution in [0.15, 0.2) is 24.3 Å². The molecule has 0 bridgehead atoms. The van der Waals surface area contributed by atoms with E-state index >= 15 is 0 Å². The van der Waals surface area contributed by atoms with Gasteiger partial charge in [0.1, 0.15) is 12.6 Å². The van der Waals surface area contributed by atoms with Crippen LogP contribution in [0, 0.1) is 12.8 Å². The van der Waals surface area contributed by atoms with Gasteiger partial charge in [-0.25, -0.2) is 0 Å². The van der Waals surface area contributed by atoms with Gasteiger partial charge in [0.2, 0.25) is 5.91 Å². The number of carbonyl (C=O) groups is 1. The maximum atomic E-state index is 12.6. The minimum absolute atomic E-state index is 0.0257. The first kappa shape index (κ1) is 17.5. The summed E-state index contributed by atoms with van der Waals surface area (Å²) in [4.78, 5) is 13.0. The third kappa shape index (κ3) is 5.75. The number of carbonyl (C=O) groups excluding carboxylic acids is 1. The average molecular weight is 302 g/mol. The number of amides is 1. The first-order chi connectivity index (χ1) is 9.60. The number of rotatable bonds is 5. The van der Waals surface area contributed by atoms with E-state index in [0.29, 0.717) is 5.56 Å². The van der Waals surface area contributed by atoms with Gasteiger partial charge in [0, 0.05) is 6.54 Å². The number of nitrogens with two attached hydrogens (primary N) is 1. The van der Waals surface area contributed by atoms with Crippen LogP contribution in [0.3, 0.4) is 0 Å². The van der Waals surface area contributed by atoms with Crippen LogP contribution in [0.25, 0.3) is 0 Å². The molecule has 3 nitrogen and oxygen atoms in total. The lowest BCUT2D eigenvalue weighted by Gasteiger charge is -2.28. The molecule has 0 aliphatic rings. The smallest absolute Gasteiger partial charge is 0.332 e. The average Bonchev–Trinajstić information content (AvgIpc) is 2.35. The Morgan fingerprint density at radius 3 is 2.19 bits per heavy atom. The van der Waals surface area contributed by atoms with Crippen molar-refractivity contribution in [3.05, 3.63) is 35.4 Å². The molecule has 118 valence electrons. The summed E-state index contributed by atoms with van der Waals surface area (Å²) in [6.07, 6.45) is -4.43. The minimum Gasteiger partial charge on any atom is -0.332 e. The molecule has 0 heterocycles. The second-order valence-corrected chi connectivity index (χ2v) is 5.62. The summed E-state index contributed by atoms with van der Waals surface area (Å²) in [6, 6.07) is 5.81. The topological polar surface area (TPSA) is 46.3 Å². The van der Waals surface area contributed by atoms with E-state index in [1.807, 2.05) is 6.92 Å². The van der Waals surface area contributed by atoms with E-state index in [2.05, 4.69) is 0 Å². The standard InChI is InChI=1S/C15H21F3N2O/c1-10(2)8-20(9-15(16,17)18)14(21)13(19)12-6-4-11(3)5-7-12/h4-7,10,13H,8-9,19H2,1-3H3. The fourth-order valence-electron chi connectivity index (χ4n) is 2.00. The molecule has 0 aromatic heterocycles. The third-order valence-corrected chi connectivity index (χ3v) is 2.97. The maximum Gasteiger partial charge on any atom is 0.406 e. The highest BCUT2D eigenvalue weighted by atomic mass is 19.4. The van der Waals surface area contributed by atoms with Gasteiger partial charge in [-0.15, -0.1) is 0 Å². The highest BCUT2D eigenvalue weighted by Gasteiger charge is 2.35. The molecule has 1 unspecified atom stereocenters. The van der Waals surface area contributed by atoms with E-state index in [4.69, 9.17) is 5.73 Å². The van der Waals surface area contributed by atoms with Crippen LogP contribution in [0.1, 0.15) is 31.0 Å². The molecule has 0 spiro atoms. The summed E-state index contributed by atoms with van der Waals surface area (Å²) in [6.45, 7) is 4.15. The van der Waals surface area contributed by atoms with Crippen molar-refractivity contribution in [3.8, 4) is 0 Å². The van der Waals surface area contributed by atoms with E-state index < -0.39 is 24.7 Å². The van der Waals surface area contributed by atoms with E-state index in [0.717, 1.165) is 10.5 Å². The van der Waals surface area contributed by atoms with Crippen molar-refractivity contribution < 1.29 is 18.0 Å². The van der Waals surface area contributed by atoms with Gasteiger partial charge in [-0.3, -0.25) is 4.79 Å². The Labute approximate surface area is 122 Å². The molecule has 6 heteroatoms. The molecule has 0 saturated heterocycles. The van der Waals surface area contributed by atoms with Gasteiger partial charge in [0.15, 0.2) is 0 Å². The SMILES string of the molecule is Cc1ccc(C(N)C(=O)N(CC(C)C)CC(F)(F)F)cc1. The van der Waals surface area contributed by atoms with Gasteiger partial charge in [-0.2, -0.15) is 13.2 Å². The lowest BCUT2D eigenvalue weighted by Crippen LogP contribution is -2.45. The molecule has 0 radical (unpaired) electrons. The van der Waals surface area contributed by atoms with Crippen LogP contribution < -0.4 is 5.73 Å². The minimum atomic E-state index is -4.43. The molecule has 1 aromatic rings. The fraction of sp³-hybridized carbons (Fsp3) is 0.533.